The summed E-state index contributed by atoms with van der Waals surface area (Å²) in [6.45, 7) is 0. The average molecular weight is 235 g/mol. The summed E-state index contributed by atoms with van der Waals surface area (Å²) in [5.74, 6) is 0. The van der Waals surface area contributed by atoms with Crippen LogP contribution >= 0.6 is 0 Å². The molecule has 2 aromatic rings. The van der Waals surface area contributed by atoms with Crippen LogP contribution in [0.5, 0.6) is 0 Å². The molecule has 2 aromatic carbocycles. The molecular weight excluding hydrogens is 222 g/mol. The monoisotopic (exact) mass is 235 g/mol. The molecule has 18 heavy (non-hydrogen) atoms. The van der Waals surface area contributed by atoms with Gasteiger partial charge in [0.25, 0.3) is 0 Å². The summed E-state index contributed by atoms with van der Waals surface area (Å²) in [5, 5.41) is 18.5. The number of nitrogens with zero attached hydrogens (tertiary/aromatic N) is 2. The van der Waals surface area contributed by atoms with Gasteiger partial charge in [-0.15, -0.1) is 0 Å². The lowest BCUT2D eigenvalue weighted by molar-refractivity contribution is 1.33. The summed E-state index contributed by atoms with van der Waals surface area (Å²) in [4.78, 5) is 0. The number of para-hydroxylation sites is 2. The van der Waals surface area contributed by atoms with Crippen molar-refractivity contribution in [3.8, 4) is 12.1 Å². The Morgan fingerprint density at radius 1 is 0.722 bits per heavy atom. The van der Waals surface area contributed by atoms with Crippen LogP contribution in [0.1, 0.15) is 6.42 Å². The summed E-state index contributed by atoms with van der Waals surface area (Å²) >= 11 is 0. The lowest BCUT2D eigenvalue weighted by Gasteiger charge is -2.04. The van der Waals surface area contributed by atoms with Crippen LogP contribution in [0.2, 0.25) is 0 Å². The van der Waals surface area contributed by atoms with Crippen LogP contribution in [-0.4, -0.2) is 0 Å². The van der Waals surface area contributed by atoms with E-state index in [9.17, 15) is 0 Å². The highest BCUT2D eigenvalue weighted by molar-refractivity contribution is 5.58. The molecule has 0 saturated carbocycles. The Balaban J connectivity index is 0.000000280. The van der Waals surface area contributed by atoms with Crippen LogP contribution < -0.4 is 5.32 Å². The number of benzene rings is 2. The van der Waals surface area contributed by atoms with Crippen molar-refractivity contribution in [2.24, 2.45) is 0 Å². The second-order valence-electron chi connectivity index (χ2n) is 3.35. The van der Waals surface area contributed by atoms with E-state index in [2.05, 4.69) is 5.32 Å². The number of hydrogen-bond acceptors (Lipinski definition) is 3. The van der Waals surface area contributed by atoms with Gasteiger partial charge in [-0.1, -0.05) is 36.4 Å². The van der Waals surface area contributed by atoms with Crippen LogP contribution in [0, 0.1) is 22.7 Å². The molecule has 0 aliphatic heterocycles. The minimum Gasteiger partial charge on any atom is -0.356 e. The van der Waals surface area contributed by atoms with Gasteiger partial charge in [-0.25, -0.2) is 0 Å². The van der Waals surface area contributed by atoms with Crippen molar-refractivity contribution in [1.82, 2.24) is 0 Å². The molecule has 0 amide bonds. The molecular formula is C15H13N3. The average Bonchev–Trinajstić information content (AvgIpc) is 2.43. The van der Waals surface area contributed by atoms with E-state index in [0.717, 1.165) is 11.4 Å². The van der Waals surface area contributed by atoms with E-state index in [1.165, 1.54) is 0 Å². The molecule has 1 N–H and O–H groups in total. The zero-order valence-electron chi connectivity index (χ0n) is 9.88. The van der Waals surface area contributed by atoms with Crippen molar-refractivity contribution in [2.45, 2.75) is 6.42 Å². The maximum Gasteiger partial charge on any atom is 0.122 e. The van der Waals surface area contributed by atoms with Crippen molar-refractivity contribution in [3.05, 3.63) is 60.7 Å². The van der Waals surface area contributed by atoms with Crippen LogP contribution in [-0.2, 0) is 0 Å². The van der Waals surface area contributed by atoms with Crippen molar-refractivity contribution in [1.29, 1.82) is 10.5 Å². The molecule has 0 spiro atoms. The summed E-state index contributed by atoms with van der Waals surface area (Å²) in [7, 11) is 0. The zero-order chi connectivity index (χ0) is 13.1. The summed E-state index contributed by atoms with van der Waals surface area (Å²) in [6.07, 6.45) is 0. The lowest BCUT2D eigenvalue weighted by Crippen LogP contribution is -1.87. The van der Waals surface area contributed by atoms with Gasteiger partial charge >= 0.3 is 0 Å². The predicted octanol–water partition coefficient (Wildman–Crippen LogP) is 3.85. The Labute approximate surface area is 107 Å². The van der Waals surface area contributed by atoms with E-state index in [4.69, 9.17) is 10.5 Å². The largest absolute Gasteiger partial charge is 0.356 e. The first kappa shape index (κ1) is 13.3. The highest BCUT2D eigenvalue weighted by Gasteiger charge is 1.89. The molecule has 0 aliphatic rings. The fourth-order valence-corrected chi connectivity index (χ4v) is 1.24. The van der Waals surface area contributed by atoms with E-state index in [1.54, 1.807) is 12.1 Å². The molecule has 0 bridgehead atoms. The standard InChI is InChI=1S/C12H11N.C3H2N2/c1-3-7-11(8-4-1)13-12-9-5-2-6-10-12;4-2-1-3-5/h1-10,13H;1H2. The Hall–Kier alpha value is -2.78. The molecule has 0 aliphatic carbocycles. The molecule has 3 heteroatoms. The van der Waals surface area contributed by atoms with Crippen LogP contribution in [0.4, 0.5) is 11.4 Å². The number of rotatable bonds is 2. The van der Waals surface area contributed by atoms with Gasteiger partial charge in [0.1, 0.15) is 6.42 Å². The summed E-state index contributed by atoms with van der Waals surface area (Å²) in [5.41, 5.74) is 2.24. The van der Waals surface area contributed by atoms with Crippen LogP contribution in [0.3, 0.4) is 0 Å². The van der Waals surface area contributed by atoms with Crippen molar-refractivity contribution in [3.63, 3.8) is 0 Å². The second-order valence-corrected chi connectivity index (χ2v) is 3.35. The highest BCUT2D eigenvalue weighted by atomic mass is 14.9. The third kappa shape index (κ3) is 5.34. The third-order valence-corrected chi connectivity index (χ3v) is 1.99. The number of hydrogen-bond donors (Lipinski definition) is 1. The Bertz CT molecular complexity index is 472. The Morgan fingerprint density at radius 3 is 1.39 bits per heavy atom. The molecule has 0 atom stereocenters. The number of anilines is 2. The first-order valence-corrected chi connectivity index (χ1v) is 5.48. The van der Waals surface area contributed by atoms with Crippen LogP contribution in [0.15, 0.2) is 60.7 Å². The molecule has 0 saturated heterocycles. The smallest absolute Gasteiger partial charge is 0.122 e. The SMILES string of the molecule is N#CCC#N.c1ccc(Nc2ccccc2)cc1. The third-order valence-electron chi connectivity index (χ3n) is 1.99. The van der Waals surface area contributed by atoms with Gasteiger partial charge in [0.05, 0.1) is 12.1 Å². The van der Waals surface area contributed by atoms with Crippen molar-refractivity contribution < 1.29 is 0 Å². The molecule has 3 nitrogen and oxygen atoms in total. The van der Waals surface area contributed by atoms with Crippen molar-refractivity contribution >= 4 is 11.4 Å². The van der Waals surface area contributed by atoms with Gasteiger partial charge < -0.3 is 5.32 Å². The van der Waals surface area contributed by atoms with E-state index >= 15 is 0 Å². The normalized spacial score (nSPS) is 8.11. The molecule has 0 radical (unpaired) electrons. The fourth-order valence-electron chi connectivity index (χ4n) is 1.24. The number of nitriles is 2. The Kier molecular flexibility index (Phi) is 6.19. The molecule has 2 rings (SSSR count). The van der Waals surface area contributed by atoms with Gasteiger partial charge in [0.2, 0.25) is 0 Å². The first-order chi connectivity index (χ1) is 8.86. The predicted molar refractivity (Wildman–Crippen MR) is 72.0 cm³/mol. The number of nitrogens with one attached hydrogen (secondary N) is 1. The zero-order valence-corrected chi connectivity index (χ0v) is 9.88. The fraction of sp³-hybridized carbons (Fsp3) is 0.0667. The van der Waals surface area contributed by atoms with Gasteiger partial charge in [-0.3, -0.25) is 0 Å². The summed E-state index contributed by atoms with van der Waals surface area (Å²) in [6, 6.07) is 23.6. The highest BCUT2D eigenvalue weighted by Crippen LogP contribution is 2.14. The maximum absolute atomic E-state index is 7.59. The quantitative estimate of drug-likeness (QED) is 0.859. The Morgan fingerprint density at radius 2 is 1.11 bits per heavy atom. The molecule has 0 aromatic heterocycles. The van der Waals surface area contributed by atoms with E-state index in [0.29, 0.717) is 0 Å². The van der Waals surface area contributed by atoms with E-state index in [1.807, 2.05) is 60.7 Å². The van der Waals surface area contributed by atoms with Crippen molar-refractivity contribution in [2.75, 3.05) is 5.32 Å². The molecule has 0 heterocycles. The van der Waals surface area contributed by atoms with Gasteiger partial charge in [-0.2, -0.15) is 10.5 Å². The first-order valence-electron chi connectivity index (χ1n) is 5.48. The minimum absolute atomic E-state index is 0. The van der Waals surface area contributed by atoms with Gasteiger partial charge in [0, 0.05) is 11.4 Å². The topological polar surface area (TPSA) is 59.6 Å². The minimum atomic E-state index is 0. The van der Waals surface area contributed by atoms with Gasteiger partial charge in [0.15, 0.2) is 0 Å². The van der Waals surface area contributed by atoms with Crippen LogP contribution in [0.25, 0.3) is 0 Å². The van der Waals surface area contributed by atoms with E-state index < -0.39 is 0 Å². The molecule has 0 fully saturated rings. The molecule has 88 valence electrons. The summed E-state index contributed by atoms with van der Waals surface area (Å²) < 4.78 is 0. The lowest BCUT2D eigenvalue weighted by atomic mass is 10.3. The second kappa shape index (κ2) is 8.38. The molecule has 0 unspecified atom stereocenters. The van der Waals surface area contributed by atoms with E-state index in [-0.39, 0.29) is 6.42 Å². The van der Waals surface area contributed by atoms with Gasteiger partial charge in [-0.05, 0) is 24.3 Å². The maximum atomic E-state index is 7.59.